The number of carboxylic acids is 1. The Balaban J connectivity index is 2.51. The zero-order valence-electron chi connectivity index (χ0n) is 5.66. The first kappa shape index (κ1) is 7.59. The van der Waals surface area contributed by atoms with Crippen LogP contribution in [0.5, 0.6) is 5.88 Å². The van der Waals surface area contributed by atoms with Crippen LogP contribution in [-0.4, -0.2) is 15.9 Å². The topological polar surface area (TPSA) is 91.9 Å². The van der Waals surface area contributed by atoms with E-state index in [1.54, 1.807) is 0 Å². The molecular formula is C6H6N2O3-2. The minimum atomic E-state index is -1.17. The van der Waals surface area contributed by atoms with Crippen molar-refractivity contribution in [3.63, 3.8) is 0 Å². The quantitative estimate of drug-likeness (QED) is 0.554. The van der Waals surface area contributed by atoms with Crippen LogP contribution in [0.3, 0.4) is 0 Å². The first-order valence-electron chi connectivity index (χ1n) is 3.09. The van der Waals surface area contributed by atoms with E-state index in [0.717, 1.165) is 0 Å². The summed E-state index contributed by atoms with van der Waals surface area (Å²) >= 11 is 0. The van der Waals surface area contributed by atoms with E-state index in [0.29, 0.717) is 5.69 Å². The van der Waals surface area contributed by atoms with Crippen molar-refractivity contribution in [1.29, 1.82) is 0 Å². The summed E-state index contributed by atoms with van der Waals surface area (Å²) in [5.41, 5.74) is 0.314. The Morgan fingerprint density at radius 3 is 2.91 bits per heavy atom. The Kier molecular flexibility index (Phi) is 2.10. The fourth-order valence-electron chi connectivity index (χ4n) is 0.715. The molecule has 0 aliphatic heterocycles. The molecule has 0 aromatic carbocycles. The molecule has 0 fully saturated rings. The van der Waals surface area contributed by atoms with Gasteiger partial charge >= 0.3 is 0 Å². The maximum Gasteiger partial charge on any atom is 0.0914 e. The number of carbonyl (C=O) groups is 1. The molecule has 0 spiro atoms. The number of aliphatic carboxylic acids is 1. The van der Waals surface area contributed by atoms with Crippen molar-refractivity contribution in [3.8, 4) is 5.88 Å². The summed E-state index contributed by atoms with van der Waals surface area (Å²) in [6.45, 7) is 0. The van der Waals surface area contributed by atoms with E-state index in [1.165, 1.54) is 6.33 Å². The smallest absolute Gasteiger partial charge is 0.0914 e. The number of hydrogen-bond donors (Lipinski definition) is 1. The van der Waals surface area contributed by atoms with Gasteiger partial charge in [0.2, 0.25) is 0 Å². The number of carbonyl (C=O) groups excluding carboxylic acids is 1. The minimum Gasteiger partial charge on any atom is -0.857 e. The lowest BCUT2D eigenvalue weighted by Crippen LogP contribution is -2.22. The van der Waals surface area contributed by atoms with Crippen LogP contribution in [0.2, 0.25) is 0 Å². The van der Waals surface area contributed by atoms with Crippen LogP contribution in [-0.2, 0) is 11.2 Å². The van der Waals surface area contributed by atoms with E-state index >= 15 is 0 Å². The third-order valence-corrected chi connectivity index (χ3v) is 1.26. The second-order valence-electron chi connectivity index (χ2n) is 2.06. The molecule has 0 bridgehead atoms. The molecule has 60 valence electrons. The molecule has 1 aromatic rings. The highest BCUT2D eigenvalue weighted by molar-refractivity contribution is 5.64. The van der Waals surface area contributed by atoms with Crippen LogP contribution in [0, 0.1) is 0 Å². The van der Waals surface area contributed by atoms with Gasteiger partial charge in [0.1, 0.15) is 0 Å². The van der Waals surface area contributed by atoms with E-state index in [2.05, 4.69) is 9.97 Å². The SMILES string of the molecule is O=C([O-])CCc1[nH]cnc1[O-]. The van der Waals surface area contributed by atoms with Gasteiger partial charge in [0.25, 0.3) is 0 Å². The van der Waals surface area contributed by atoms with Crippen molar-refractivity contribution >= 4 is 5.97 Å². The number of aromatic nitrogens is 2. The summed E-state index contributed by atoms with van der Waals surface area (Å²) in [5, 5.41) is 20.6. The van der Waals surface area contributed by atoms with Crippen LogP contribution >= 0.6 is 0 Å². The second-order valence-corrected chi connectivity index (χ2v) is 2.06. The van der Waals surface area contributed by atoms with Gasteiger partial charge in [-0.1, -0.05) is 0 Å². The second kappa shape index (κ2) is 3.05. The Bertz CT molecular complexity index is 256. The summed E-state index contributed by atoms with van der Waals surface area (Å²) in [4.78, 5) is 15.9. The molecular weight excluding hydrogens is 148 g/mol. The average Bonchev–Trinajstić information content (AvgIpc) is 2.31. The normalized spacial score (nSPS) is 9.82. The highest BCUT2D eigenvalue weighted by Crippen LogP contribution is 2.07. The molecule has 0 atom stereocenters. The van der Waals surface area contributed by atoms with Crippen molar-refractivity contribution in [2.24, 2.45) is 0 Å². The van der Waals surface area contributed by atoms with Crippen LogP contribution in [0.4, 0.5) is 0 Å². The summed E-state index contributed by atoms with van der Waals surface area (Å²) in [7, 11) is 0. The fourth-order valence-corrected chi connectivity index (χ4v) is 0.715. The molecule has 1 N–H and O–H groups in total. The van der Waals surface area contributed by atoms with Gasteiger partial charge < -0.3 is 20.0 Å². The van der Waals surface area contributed by atoms with Gasteiger partial charge in [-0.2, -0.15) is 0 Å². The highest BCUT2D eigenvalue weighted by Gasteiger charge is 1.95. The van der Waals surface area contributed by atoms with Crippen LogP contribution in [0.1, 0.15) is 12.1 Å². The summed E-state index contributed by atoms with van der Waals surface area (Å²) in [6.07, 6.45) is 1.24. The van der Waals surface area contributed by atoms with Gasteiger partial charge in [0, 0.05) is 17.5 Å². The zero-order valence-corrected chi connectivity index (χ0v) is 5.66. The van der Waals surface area contributed by atoms with Gasteiger partial charge in [-0.3, -0.25) is 4.98 Å². The van der Waals surface area contributed by atoms with Gasteiger partial charge in [-0.05, 0) is 12.8 Å². The third kappa shape index (κ3) is 1.96. The predicted molar refractivity (Wildman–Crippen MR) is 31.4 cm³/mol. The summed E-state index contributed by atoms with van der Waals surface area (Å²) in [6, 6.07) is 0. The van der Waals surface area contributed by atoms with Crippen molar-refractivity contribution in [2.45, 2.75) is 12.8 Å². The molecule has 0 saturated carbocycles. The number of aryl methyl sites for hydroxylation is 1. The largest absolute Gasteiger partial charge is 0.857 e. The molecule has 0 unspecified atom stereocenters. The number of rotatable bonds is 3. The summed E-state index contributed by atoms with van der Waals surface area (Å²) < 4.78 is 0. The van der Waals surface area contributed by atoms with Gasteiger partial charge in [-0.25, -0.2) is 0 Å². The molecule has 5 heteroatoms. The monoisotopic (exact) mass is 154 g/mol. The number of aromatic amines is 1. The molecule has 1 aromatic heterocycles. The van der Waals surface area contributed by atoms with Gasteiger partial charge in [-0.15, -0.1) is 0 Å². The van der Waals surface area contributed by atoms with Gasteiger partial charge in [0.15, 0.2) is 0 Å². The van der Waals surface area contributed by atoms with Crippen LogP contribution in [0.25, 0.3) is 0 Å². The maximum atomic E-state index is 10.7. The molecule has 0 saturated heterocycles. The van der Waals surface area contributed by atoms with E-state index in [4.69, 9.17) is 0 Å². The number of imidazole rings is 1. The third-order valence-electron chi connectivity index (χ3n) is 1.26. The van der Waals surface area contributed by atoms with Crippen molar-refractivity contribution < 1.29 is 15.0 Å². The van der Waals surface area contributed by atoms with E-state index < -0.39 is 11.8 Å². The first-order chi connectivity index (χ1) is 5.20. The highest BCUT2D eigenvalue weighted by atomic mass is 16.4. The summed E-state index contributed by atoms with van der Waals surface area (Å²) in [5.74, 6) is -1.56. The fraction of sp³-hybridized carbons (Fsp3) is 0.333. The van der Waals surface area contributed by atoms with Crippen molar-refractivity contribution in [2.75, 3.05) is 0 Å². The minimum absolute atomic E-state index is 0.154. The number of H-pyrrole nitrogens is 1. The standard InChI is InChI=1S/C6H8N2O3/c9-5(10)2-1-4-6(11)8-3-7-4/h3,11H,1-2H2,(H,7,8)(H,9,10)/p-2. The van der Waals surface area contributed by atoms with Crippen molar-refractivity contribution in [3.05, 3.63) is 12.0 Å². The number of carboxylic acid groups (broad SMARTS) is 1. The molecule has 0 radical (unpaired) electrons. The molecule has 0 amide bonds. The Morgan fingerprint density at radius 1 is 1.73 bits per heavy atom. The molecule has 5 nitrogen and oxygen atoms in total. The lowest BCUT2D eigenvalue weighted by Gasteiger charge is -2.04. The average molecular weight is 154 g/mol. The van der Waals surface area contributed by atoms with Gasteiger partial charge in [0.05, 0.1) is 6.33 Å². The Labute approximate surface area is 62.7 Å². The number of hydrogen-bond acceptors (Lipinski definition) is 4. The van der Waals surface area contributed by atoms with Crippen LogP contribution < -0.4 is 10.2 Å². The maximum absolute atomic E-state index is 10.7. The molecule has 1 rings (SSSR count). The lowest BCUT2D eigenvalue weighted by molar-refractivity contribution is -0.305. The van der Waals surface area contributed by atoms with E-state index in [1.807, 2.05) is 0 Å². The molecule has 0 aliphatic rings. The first-order valence-corrected chi connectivity index (χ1v) is 3.09. The van der Waals surface area contributed by atoms with E-state index in [-0.39, 0.29) is 12.8 Å². The van der Waals surface area contributed by atoms with E-state index in [9.17, 15) is 15.0 Å². The predicted octanol–water partition coefficient (Wildman–Crippen LogP) is -1.83. The number of nitrogens with zero attached hydrogens (tertiary/aromatic N) is 1. The van der Waals surface area contributed by atoms with Crippen LogP contribution in [0.15, 0.2) is 6.33 Å². The molecule has 0 aliphatic carbocycles. The lowest BCUT2D eigenvalue weighted by atomic mass is 10.2. The van der Waals surface area contributed by atoms with Crippen molar-refractivity contribution in [1.82, 2.24) is 9.97 Å². The molecule has 1 heterocycles. The number of nitrogens with one attached hydrogen (secondary N) is 1. The zero-order chi connectivity index (χ0) is 8.27. The Hall–Kier alpha value is -1.52. The molecule has 11 heavy (non-hydrogen) atoms. The Morgan fingerprint density at radius 2 is 2.45 bits per heavy atom.